The summed E-state index contributed by atoms with van der Waals surface area (Å²) in [6.07, 6.45) is 4.37. The number of rotatable bonds is 8. The fourth-order valence-corrected chi connectivity index (χ4v) is 4.75. The van der Waals surface area contributed by atoms with Crippen LogP contribution in [0.4, 0.5) is 0 Å². The number of nitrogens with one attached hydrogen (secondary N) is 1. The van der Waals surface area contributed by atoms with Crippen LogP contribution in [0.1, 0.15) is 18.4 Å². The number of hydrogen-bond acceptors (Lipinski definition) is 4. The van der Waals surface area contributed by atoms with Crippen LogP contribution in [0.3, 0.4) is 0 Å². The van der Waals surface area contributed by atoms with Crippen LogP contribution in [0.25, 0.3) is 10.8 Å². The molecule has 3 aromatic carbocycles. The standard InChI is InChI=1S/C26H30N2O2S/c1-31-25-9-5-4-8-23(25)18-28-14-12-20(13-15-28)17-27-26(29)19-30-24-11-10-21-6-2-3-7-22(21)16-24/h2-11,16,20H,12-15,17-19H2,1H3,(H,27,29). The molecule has 4 nitrogen and oxygen atoms in total. The molecule has 1 aliphatic rings. The van der Waals surface area contributed by atoms with Crippen molar-refractivity contribution in [3.63, 3.8) is 0 Å². The average Bonchev–Trinajstić information content (AvgIpc) is 2.82. The van der Waals surface area contributed by atoms with Gasteiger partial charge in [0.1, 0.15) is 5.75 Å². The third kappa shape index (κ3) is 6.02. The Morgan fingerprint density at radius 3 is 2.58 bits per heavy atom. The first-order chi connectivity index (χ1) is 15.2. The molecule has 0 radical (unpaired) electrons. The fraction of sp³-hybridized carbons (Fsp3) is 0.346. The highest BCUT2D eigenvalue weighted by molar-refractivity contribution is 7.98. The van der Waals surface area contributed by atoms with E-state index in [2.05, 4.69) is 46.8 Å². The van der Waals surface area contributed by atoms with Gasteiger partial charge in [-0.05, 0) is 72.6 Å². The molecule has 162 valence electrons. The summed E-state index contributed by atoms with van der Waals surface area (Å²) >= 11 is 1.81. The second kappa shape index (κ2) is 10.7. The highest BCUT2D eigenvalue weighted by Gasteiger charge is 2.20. The Hall–Kier alpha value is -2.50. The number of fused-ring (bicyclic) bond motifs is 1. The monoisotopic (exact) mass is 434 g/mol. The van der Waals surface area contributed by atoms with E-state index in [9.17, 15) is 4.79 Å². The van der Waals surface area contributed by atoms with Gasteiger partial charge in [0.25, 0.3) is 5.91 Å². The lowest BCUT2D eigenvalue weighted by Gasteiger charge is -2.32. The number of carbonyl (C=O) groups excluding carboxylic acids is 1. The highest BCUT2D eigenvalue weighted by Crippen LogP contribution is 2.24. The van der Waals surface area contributed by atoms with Gasteiger partial charge >= 0.3 is 0 Å². The number of ether oxygens (including phenoxy) is 1. The second-order valence-electron chi connectivity index (χ2n) is 8.13. The van der Waals surface area contributed by atoms with E-state index in [1.54, 1.807) is 0 Å². The molecule has 0 bridgehead atoms. The van der Waals surface area contributed by atoms with Crippen molar-refractivity contribution in [1.29, 1.82) is 0 Å². The zero-order valence-corrected chi connectivity index (χ0v) is 18.9. The number of amides is 1. The lowest BCUT2D eigenvalue weighted by atomic mass is 9.96. The summed E-state index contributed by atoms with van der Waals surface area (Å²) in [5.41, 5.74) is 1.41. The van der Waals surface area contributed by atoms with E-state index in [1.165, 1.54) is 15.8 Å². The molecule has 0 aliphatic carbocycles. The van der Waals surface area contributed by atoms with Gasteiger partial charge in [0.15, 0.2) is 6.61 Å². The Morgan fingerprint density at radius 2 is 1.77 bits per heavy atom. The fourth-order valence-electron chi connectivity index (χ4n) is 4.14. The van der Waals surface area contributed by atoms with Crippen LogP contribution in [0.15, 0.2) is 71.6 Å². The van der Waals surface area contributed by atoms with Gasteiger partial charge in [-0.25, -0.2) is 0 Å². The van der Waals surface area contributed by atoms with Gasteiger partial charge in [-0.3, -0.25) is 9.69 Å². The van der Waals surface area contributed by atoms with Crippen molar-refractivity contribution < 1.29 is 9.53 Å². The van der Waals surface area contributed by atoms with Crippen LogP contribution in [0.5, 0.6) is 5.75 Å². The molecule has 3 aromatic rings. The molecule has 1 amide bonds. The molecule has 1 aliphatic heterocycles. The van der Waals surface area contributed by atoms with Gasteiger partial charge < -0.3 is 10.1 Å². The van der Waals surface area contributed by atoms with Crippen molar-refractivity contribution in [2.24, 2.45) is 5.92 Å². The highest BCUT2D eigenvalue weighted by atomic mass is 32.2. The van der Waals surface area contributed by atoms with Crippen LogP contribution in [0.2, 0.25) is 0 Å². The first kappa shape index (κ1) is 21.7. The maximum absolute atomic E-state index is 12.2. The van der Waals surface area contributed by atoms with Crippen LogP contribution in [-0.4, -0.2) is 43.3 Å². The van der Waals surface area contributed by atoms with E-state index in [-0.39, 0.29) is 12.5 Å². The lowest BCUT2D eigenvalue weighted by Crippen LogP contribution is -2.39. The van der Waals surface area contributed by atoms with Crippen LogP contribution in [0, 0.1) is 5.92 Å². The first-order valence-electron chi connectivity index (χ1n) is 10.9. The first-order valence-corrected chi connectivity index (χ1v) is 12.2. The molecule has 0 unspecified atom stereocenters. The van der Waals surface area contributed by atoms with Crippen LogP contribution < -0.4 is 10.1 Å². The van der Waals surface area contributed by atoms with Gasteiger partial charge in [0.05, 0.1) is 0 Å². The second-order valence-corrected chi connectivity index (χ2v) is 8.98. The SMILES string of the molecule is CSc1ccccc1CN1CCC(CNC(=O)COc2ccc3ccccc3c2)CC1. The van der Waals surface area contributed by atoms with Gasteiger partial charge in [-0.2, -0.15) is 0 Å². The summed E-state index contributed by atoms with van der Waals surface area (Å²) in [5, 5.41) is 5.34. The van der Waals surface area contributed by atoms with Crippen molar-refractivity contribution in [3.8, 4) is 5.75 Å². The topological polar surface area (TPSA) is 41.6 Å². The van der Waals surface area contributed by atoms with Crippen LogP contribution in [-0.2, 0) is 11.3 Å². The molecule has 1 fully saturated rings. The van der Waals surface area contributed by atoms with E-state index < -0.39 is 0 Å². The minimum absolute atomic E-state index is 0.0514. The third-order valence-corrected chi connectivity index (χ3v) is 6.81. The quantitative estimate of drug-likeness (QED) is 0.508. The number of benzene rings is 3. The summed E-state index contributed by atoms with van der Waals surface area (Å²) < 4.78 is 5.70. The Bertz CT molecular complexity index is 1010. The number of nitrogens with zero attached hydrogens (tertiary/aromatic N) is 1. The van der Waals surface area contributed by atoms with E-state index >= 15 is 0 Å². The molecule has 31 heavy (non-hydrogen) atoms. The van der Waals surface area contributed by atoms with Crippen molar-refractivity contribution in [2.75, 3.05) is 32.5 Å². The average molecular weight is 435 g/mol. The van der Waals surface area contributed by atoms with Crippen LogP contribution >= 0.6 is 11.8 Å². The molecular formula is C26H30N2O2S. The maximum Gasteiger partial charge on any atom is 0.257 e. The molecule has 0 spiro atoms. The van der Waals surface area contributed by atoms with E-state index in [0.717, 1.165) is 50.2 Å². The zero-order chi connectivity index (χ0) is 21.5. The number of piperidine rings is 1. The normalized spacial score (nSPS) is 15.1. The van der Waals surface area contributed by atoms with Crippen molar-refractivity contribution in [3.05, 3.63) is 72.3 Å². The number of carbonyl (C=O) groups is 1. The van der Waals surface area contributed by atoms with Crippen molar-refractivity contribution >= 4 is 28.4 Å². The summed E-state index contributed by atoms with van der Waals surface area (Å²) in [6, 6.07) is 22.7. The predicted octanol–water partition coefficient (Wildman–Crippen LogP) is 4.97. The van der Waals surface area contributed by atoms with Gasteiger partial charge in [-0.15, -0.1) is 11.8 Å². The molecule has 0 saturated carbocycles. The third-order valence-electron chi connectivity index (χ3n) is 5.97. The Labute approximate surface area is 189 Å². The molecule has 1 heterocycles. The van der Waals surface area contributed by atoms with E-state index in [0.29, 0.717) is 5.92 Å². The van der Waals surface area contributed by atoms with Gasteiger partial charge in [0, 0.05) is 18.0 Å². The molecule has 5 heteroatoms. The Morgan fingerprint density at radius 1 is 1.03 bits per heavy atom. The predicted molar refractivity (Wildman–Crippen MR) is 129 cm³/mol. The van der Waals surface area contributed by atoms with Crippen molar-refractivity contribution in [1.82, 2.24) is 10.2 Å². The van der Waals surface area contributed by atoms with E-state index in [1.807, 2.05) is 48.2 Å². The van der Waals surface area contributed by atoms with Crippen molar-refractivity contribution in [2.45, 2.75) is 24.3 Å². The Kier molecular flexibility index (Phi) is 7.49. The summed E-state index contributed by atoms with van der Waals surface area (Å²) in [7, 11) is 0. The number of hydrogen-bond donors (Lipinski definition) is 1. The largest absolute Gasteiger partial charge is 0.484 e. The zero-order valence-electron chi connectivity index (χ0n) is 18.0. The molecule has 1 N–H and O–H groups in total. The molecular weight excluding hydrogens is 404 g/mol. The molecule has 4 rings (SSSR count). The molecule has 1 saturated heterocycles. The summed E-state index contributed by atoms with van der Waals surface area (Å²) in [4.78, 5) is 16.1. The minimum atomic E-state index is -0.0514. The smallest absolute Gasteiger partial charge is 0.257 e. The summed E-state index contributed by atoms with van der Waals surface area (Å²) in [6.45, 7) is 3.96. The lowest BCUT2D eigenvalue weighted by molar-refractivity contribution is -0.123. The van der Waals surface area contributed by atoms with Gasteiger partial charge in [0.2, 0.25) is 0 Å². The Balaban J connectivity index is 1.17. The van der Waals surface area contributed by atoms with Gasteiger partial charge in [-0.1, -0.05) is 48.5 Å². The van der Waals surface area contributed by atoms with E-state index in [4.69, 9.17) is 4.74 Å². The molecule has 0 atom stereocenters. The number of thioether (sulfide) groups is 1. The maximum atomic E-state index is 12.2. The number of likely N-dealkylation sites (tertiary alicyclic amines) is 1. The minimum Gasteiger partial charge on any atom is -0.484 e. The molecule has 0 aromatic heterocycles. The summed E-state index contributed by atoms with van der Waals surface area (Å²) in [5.74, 6) is 1.22.